The normalized spacial score (nSPS) is 14.3. The highest BCUT2D eigenvalue weighted by molar-refractivity contribution is 5.96. The Morgan fingerprint density at radius 2 is 1.89 bits per heavy atom. The lowest BCUT2D eigenvalue weighted by Gasteiger charge is -2.08. The maximum atomic E-state index is 11.9. The van der Waals surface area contributed by atoms with Crippen LogP contribution in [0.15, 0.2) is 18.2 Å². The standard InChI is InChI=1S/C14H19N3O2/c1-9(2)8-15-13(18)11-4-3-5-12(17-11)14(19)16-10-6-7-10/h3-5,9-10H,6-8H2,1-2H3,(H,15,18)(H,16,19). The molecule has 0 aliphatic heterocycles. The van der Waals surface area contributed by atoms with E-state index in [9.17, 15) is 9.59 Å². The van der Waals surface area contributed by atoms with Gasteiger partial charge in [0.05, 0.1) is 0 Å². The van der Waals surface area contributed by atoms with E-state index in [0.717, 1.165) is 12.8 Å². The van der Waals surface area contributed by atoms with Gasteiger partial charge in [0.15, 0.2) is 0 Å². The van der Waals surface area contributed by atoms with E-state index < -0.39 is 0 Å². The first-order valence-corrected chi connectivity index (χ1v) is 6.62. The topological polar surface area (TPSA) is 71.1 Å². The van der Waals surface area contributed by atoms with Gasteiger partial charge in [0.1, 0.15) is 11.4 Å². The van der Waals surface area contributed by atoms with Gasteiger partial charge in [-0.25, -0.2) is 4.98 Å². The van der Waals surface area contributed by atoms with Crippen molar-refractivity contribution in [2.45, 2.75) is 32.7 Å². The zero-order valence-electron chi connectivity index (χ0n) is 11.3. The Hall–Kier alpha value is -1.91. The van der Waals surface area contributed by atoms with Crippen molar-refractivity contribution >= 4 is 11.8 Å². The number of aromatic nitrogens is 1. The number of hydrogen-bond donors (Lipinski definition) is 2. The SMILES string of the molecule is CC(C)CNC(=O)c1cccc(C(=O)NC2CC2)n1. The molecular weight excluding hydrogens is 242 g/mol. The summed E-state index contributed by atoms with van der Waals surface area (Å²) in [6, 6.07) is 5.20. The Balaban J connectivity index is 2.01. The molecule has 2 amide bonds. The summed E-state index contributed by atoms with van der Waals surface area (Å²) in [4.78, 5) is 27.8. The van der Waals surface area contributed by atoms with Gasteiger partial charge in [-0.2, -0.15) is 0 Å². The van der Waals surface area contributed by atoms with Crippen molar-refractivity contribution in [2.24, 2.45) is 5.92 Å². The van der Waals surface area contributed by atoms with Gasteiger partial charge in [-0.1, -0.05) is 19.9 Å². The van der Waals surface area contributed by atoms with Gasteiger partial charge in [-0.3, -0.25) is 9.59 Å². The van der Waals surface area contributed by atoms with Crippen LogP contribution >= 0.6 is 0 Å². The minimum absolute atomic E-state index is 0.207. The first-order valence-electron chi connectivity index (χ1n) is 6.62. The minimum Gasteiger partial charge on any atom is -0.350 e. The zero-order valence-corrected chi connectivity index (χ0v) is 11.3. The number of nitrogens with one attached hydrogen (secondary N) is 2. The minimum atomic E-state index is -0.241. The molecule has 1 aromatic heterocycles. The summed E-state index contributed by atoms with van der Waals surface area (Å²) >= 11 is 0. The average Bonchev–Trinajstić information content (AvgIpc) is 3.20. The second-order valence-electron chi connectivity index (χ2n) is 5.26. The molecule has 2 rings (SSSR count). The van der Waals surface area contributed by atoms with Crippen LogP contribution in [0.2, 0.25) is 0 Å². The molecule has 19 heavy (non-hydrogen) atoms. The Bertz CT molecular complexity index is 481. The van der Waals surface area contributed by atoms with Crippen molar-refractivity contribution in [3.63, 3.8) is 0 Å². The van der Waals surface area contributed by atoms with Gasteiger partial charge in [0.2, 0.25) is 0 Å². The van der Waals surface area contributed by atoms with E-state index in [-0.39, 0.29) is 23.6 Å². The second kappa shape index (κ2) is 5.82. The predicted octanol–water partition coefficient (Wildman–Crippen LogP) is 1.36. The molecule has 0 bridgehead atoms. The Labute approximate surface area is 112 Å². The van der Waals surface area contributed by atoms with Crippen molar-refractivity contribution in [3.05, 3.63) is 29.6 Å². The predicted molar refractivity (Wildman–Crippen MR) is 71.9 cm³/mol. The fraction of sp³-hybridized carbons (Fsp3) is 0.500. The van der Waals surface area contributed by atoms with E-state index in [1.165, 1.54) is 0 Å². The smallest absolute Gasteiger partial charge is 0.270 e. The van der Waals surface area contributed by atoms with Crippen LogP contribution < -0.4 is 10.6 Å². The fourth-order valence-electron chi connectivity index (χ4n) is 1.56. The van der Waals surface area contributed by atoms with E-state index >= 15 is 0 Å². The van der Waals surface area contributed by atoms with E-state index in [0.29, 0.717) is 18.2 Å². The van der Waals surface area contributed by atoms with E-state index in [2.05, 4.69) is 15.6 Å². The highest BCUT2D eigenvalue weighted by atomic mass is 16.2. The molecule has 0 radical (unpaired) electrons. The number of carbonyl (C=O) groups is 2. The van der Waals surface area contributed by atoms with Crippen molar-refractivity contribution in [1.29, 1.82) is 0 Å². The summed E-state index contributed by atoms with van der Waals surface area (Å²) in [7, 11) is 0. The van der Waals surface area contributed by atoms with Gasteiger partial charge < -0.3 is 10.6 Å². The monoisotopic (exact) mass is 261 g/mol. The number of pyridine rings is 1. The van der Waals surface area contributed by atoms with Crippen molar-refractivity contribution in [1.82, 2.24) is 15.6 Å². The number of carbonyl (C=O) groups excluding carboxylic acids is 2. The van der Waals surface area contributed by atoms with Crippen molar-refractivity contribution in [2.75, 3.05) is 6.54 Å². The van der Waals surface area contributed by atoms with E-state index in [4.69, 9.17) is 0 Å². The lowest BCUT2D eigenvalue weighted by molar-refractivity contribution is 0.0940. The van der Waals surface area contributed by atoms with Gasteiger partial charge in [0, 0.05) is 12.6 Å². The summed E-state index contributed by atoms with van der Waals surface area (Å²) in [5.41, 5.74) is 0.577. The van der Waals surface area contributed by atoms with Crippen molar-refractivity contribution < 1.29 is 9.59 Å². The van der Waals surface area contributed by atoms with Crippen LogP contribution in [0.3, 0.4) is 0 Å². The zero-order chi connectivity index (χ0) is 13.8. The summed E-state index contributed by atoms with van der Waals surface area (Å²) in [6.45, 7) is 4.64. The highest BCUT2D eigenvalue weighted by Gasteiger charge is 2.24. The van der Waals surface area contributed by atoms with Crippen LogP contribution in [0.1, 0.15) is 47.7 Å². The molecule has 1 aromatic rings. The van der Waals surface area contributed by atoms with Crippen LogP contribution in [-0.2, 0) is 0 Å². The third-order valence-corrected chi connectivity index (χ3v) is 2.80. The number of hydrogen-bond acceptors (Lipinski definition) is 3. The first kappa shape index (κ1) is 13.5. The molecule has 0 spiro atoms. The highest BCUT2D eigenvalue weighted by Crippen LogP contribution is 2.19. The van der Waals surface area contributed by atoms with Crippen LogP contribution in [0, 0.1) is 5.92 Å². The number of amides is 2. The van der Waals surface area contributed by atoms with Crippen molar-refractivity contribution in [3.8, 4) is 0 Å². The van der Waals surface area contributed by atoms with Gasteiger partial charge in [-0.05, 0) is 30.9 Å². The molecule has 0 saturated heterocycles. The quantitative estimate of drug-likeness (QED) is 0.840. The third kappa shape index (κ3) is 4.05. The molecule has 1 aliphatic carbocycles. The molecule has 1 aliphatic rings. The largest absolute Gasteiger partial charge is 0.350 e. The Kier molecular flexibility index (Phi) is 4.14. The van der Waals surface area contributed by atoms with Gasteiger partial charge in [-0.15, -0.1) is 0 Å². The summed E-state index contributed by atoms with van der Waals surface area (Å²) < 4.78 is 0. The lowest BCUT2D eigenvalue weighted by Crippen LogP contribution is -2.30. The molecular formula is C14H19N3O2. The summed E-state index contributed by atoms with van der Waals surface area (Å²) in [6.07, 6.45) is 2.06. The lowest BCUT2D eigenvalue weighted by atomic mass is 10.2. The third-order valence-electron chi connectivity index (χ3n) is 2.80. The number of rotatable bonds is 5. The fourth-order valence-corrected chi connectivity index (χ4v) is 1.56. The second-order valence-corrected chi connectivity index (χ2v) is 5.26. The van der Waals surface area contributed by atoms with E-state index in [1.807, 2.05) is 13.8 Å². The molecule has 0 unspecified atom stereocenters. The molecule has 5 heteroatoms. The molecule has 1 saturated carbocycles. The molecule has 1 fully saturated rings. The van der Waals surface area contributed by atoms with Crippen LogP contribution in [0.5, 0.6) is 0 Å². The maximum Gasteiger partial charge on any atom is 0.270 e. The molecule has 0 aromatic carbocycles. The Morgan fingerprint density at radius 3 is 2.47 bits per heavy atom. The maximum absolute atomic E-state index is 11.9. The van der Waals surface area contributed by atoms with Gasteiger partial charge in [0.25, 0.3) is 11.8 Å². The van der Waals surface area contributed by atoms with Crippen LogP contribution in [-0.4, -0.2) is 29.4 Å². The molecule has 102 valence electrons. The summed E-state index contributed by atoms with van der Waals surface area (Å²) in [5.74, 6) is -0.0684. The Morgan fingerprint density at radius 1 is 1.26 bits per heavy atom. The summed E-state index contributed by atoms with van der Waals surface area (Å²) in [5, 5.41) is 5.64. The number of nitrogens with zero attached hydrogens (tertiary/aromatic N) is 1. The molecule has 5 nitrogen and oxygen atoms in total. The molecule has 0 atom stereocenters. The van der Waals surface area contributed by atoms with E-state index in [1.54, 1.807) is 18.2 Å². The first-order chi connectivity index (χ1) is 9.06. The van der Waals surface area contributed by atoms with Gasteiger partial charge >= 0.3 is 0 Å². The molecule has 2 N–H and O–H groups in total. The van der Waals surface area contributed by atoms with Crippen LogP contribution in [0.25, 0.3) is 0 Å². The average molecular weight is 261 g/mol. The van der Waals surface area contributed by atoms with Crippen LogP contribution in [0.4, 0.5) is 0 Å². The molecule has 1 heterocycles.